The number of halogens is 1. The largest absolute Gasteiger partial charge is 0.452 e. The summed E-state index contributed by atoms with van der Waals surface area (Å²) in [6.07, 6.45) is 0. The van der Waals surface area contributed by atoms with Crippen molar-refractivity contribution in [3.8, 4) is 0 Å². The lowest BCUT2D eigenvalue weighted by Gasteiger charge is -2.13. The van der Waals surface area contributed by atoms with Crippen LogP contribution in [0.3, 0.4) is 0 Å². The number of hydrogen-bond donors (Lipinski definition) is 3. The number of ether oxygens (including phenoxy) is 1. The Bertz CT molecular complexity index is 905. The second kappa shape index (κ2) is 9.23. The zero-order valence-electron chi connectivity index (χ0n) is 15.9. The van der Waals surface area contributed by atoms with Gasteiger partial charge in [0, 0.05) is 16.4 Å². The van der Waals surface area contributed by atoms with Crippen molar-refractivity contribution in [3.63, 3.8) is 0 Å². The molecule has 2 rings (SSSR count). The minimum atomic E-state index is -0.773. The van der Waals surface area contributed by atoms with Gasteiger partial charge in [-0.3, -0.25) is 9.59 Å². The molecule has 148 valence electrons. The molecule has 0 aliphatic carbocycles. The molecule has 2 aromatic carbocycles. The third-order valence-electron chi connectivity index (χ3n) is 3.96. The summed E-state index contributed by atoms with van der Waals surface area (Å²) in [6.45, 7) is 4.98. The number of nitrogens with one attached hydrogen (secondary N) is 2. The summed E-state index contributed by atoms with van der Waals surface area (Å²) in [4.78, 5) is 35.9. The minimum absolute atomic E-state index is 0.0726. The third kappa shape index (κ3) is 5.72. The van der Waals surface area contributed by atoms with Crippen molar-refractivity contribution in [1.82, 2.24) is 5.32 Å². The van der Waals surface area contributed by atoms with Crippen LogP contribution in [0.1, 0.15) is 27.0 Å². The highest BCUT2D eigenvalue weighted by molar-refractivity contribution is 6.31. The van der Waals surface area contributed by atoms with E-state index >= 15 is 0 Å². The number of amides is 2. The van der Waals surface area contributed by atoms with Crippen LogP contribution in [0.4, 0.5) is 11.4 Å². The standard InChI is InChI=1S/C20H22ClN3O4/c1-11-6-12(2)19(13(3)7-11)24-17(25)9-23-18(26)10-28-20(27)15-8-14(21)4-5-16(15)22/h4-8H,9-10,22H2,1-3H3,(H,23,26)(H,24,25). The van der Waals surface area contributed by atoms with Crippen LogP contribution in [0, 0.1) is 20.8 Å². The first-order valence-electron chi connectivity index (χ1n) is 8.54. The number of esters is 1. The number of hydrogen-bond acceptors (Lipinski definition) is 5. The van der Waals surface area contributed by atoms with Crippen molar-refractivity contribution in [3.05, 3.63) is 57.6 Å². The van der Waals surface area contributed by atoms with E-state index in [1.165, 1.54) is 18.2 Å². The SMILES string of the molecule is Cc1cc(C)c(NC(=O)CNC(=O)COC(=O)c2cc(Cl)ccc2N)c(C)c1. The summed E-state index contributed by atoms with van der Waals surface area (Å²) in [5.74, 6) is -1.76. The molecule has 0 unspecified atom stereocenters. The van der Waals surface area contributed by atoms with Crippen LogP contribution < -0.4 is 16.4 Å². The van der Waals surface area contributed by atoms with Crippen LogP contribution in [0.15, 0.2) is 30.3 Å². The van der Waals surface area contributed by atoms with Gasteiger partial charge >= 0.3 is 5.97 Å². The Morgan fingerprint density at radius 2 is 1.68 bits per heavy atom. The second-order valence-electron chi connectivity index (χ2n) is 6.41. The first kappa shape index (κ1) is 21.2. The maximum absolute atomic E-state index is 12.1. The van der Waals surface area contributed by atoms with E-state index in [0.29, 0.717) is 10.7 Å². The lowest BCUT2D eigenvalue weighted by Crippen LogP contribution is -2.35. The van der Waals surface area contributed by atoms with E-state index in [1.54, 1.807) is 0 Å². The maximum atomic E-state index is 12.1. The van der Waals surface area contributed by atoms with Crippen LogP contribution in [-0.2, 0) is 14.3 Å². The lowest BCUT2D eigenvalue weighted by molar-refractivity contribution is -0.126. The van der Waals surface area contributed by atoms with Gasteiger partial charge in [-0.25, -0.2) is 4.79 Å². The summed E-state index contributed by atoms with van der Waals surface area (Å²) in [5.41, 5.74) is 9.64. The second-order valence-corrected chi connectivity index (χ2v) is 6.84. The summed E-state index contributed by atoms with van der Waals surface area (Å²) in [6, 6.07) is 8.29. The van der Waals surface area contributed by atoms with Gasteiger partial charge in [-0.1, -0.05) is 29.3 Å². The van der Waals surface area contributed by atoms with Gasteiger partial charge in [0.05, 0.1) is 12.1 Å². The average Bonchev–Trinajstić information content (AvgIpc) is 2.62. The van der Waals surface area contributed by atoms with Crippen molar-refractivity contribution in [2.45, 2.75) is 20.8 Å². The molecular weight excluding hydrogens is 382 g/mol. The molecule has 0 saturated heterocycles. The number of carbonyl (C=O) groups excluding carboxylic acids is 3. The summed E-state index contributed by atoms with van der Waals surface area (Å²) in [7, 11) is 0. The van der Waals surface area contributed by atoms with E-state index in [2.05, 4.69) is 10.6 Å². The van der Waals surface area contributed by atoms with E-state index in [9.17, 15) is 14.4 Å². The van der Waals surface area contributed by atoms with Crippen molar-refractivity contribution in [2.24, 2.45) is 0 Å². The van der Waals surface area contributed by atoms with Gasteiger partial charge in [-0.05, 0) is 50.1 Å². The molecule has 2 aromatic rings. The van der Waals surface area contributed by atoms with E-state index in [-0.39, 0.29) is 23.7 Å². The molecule has 0 bridgehead atoms. The molecule has 8 heteroatoms. The monoisotopic (exact) mass is 403 g/mol. The summed E-state index contributed by atoms with van der Waals surface area (Å²) in [5, 5.41) is 5.50. The van der Waals surface area contributed by atoms with Crippen LogP contribution in [0.5, 0.6) is 0 Å². The minimum Gasteiger partial charge on any atom is -0.452 e. The molecule has 0 fully saturated rings. The molecule has 0 aliphatic rings. The number of nitrogens with two attached hydrogens (primary N) is 1. The van der Waals surface area contributed by atoms with Crippen LogP contribution >= 0.6 is 11.6 Å². The average molecular weight is 404 g/mol. The van der Waals surface area contributed by atoms with Gasteiger partial charge < -0.3 is 21.1 Å². The molecule has 0 radical (unpaired) electrons. The topological polar surface area (TPSA) is 111 Å². The van der Waals surface area contributed by atoms with Crippen molar-refractivity contribution < 1.29 is 19.1 Å². The Labute approximate surface area is 168 Å². The molecule has 0 atom stereocenters. The zero-order chi connectivity index (χ0) is 20.8. The Hall–Kier alpha value is -3.06. The Morgan fingerprint density at radius 1 is 1.04 bits per heavy atom. The molecule has 0 spiro atoms. The van der Waals surface area contributed by atoms with E-state index in [0.717, 1.165) is 16.7 Å². The van der Waals surface area contributed by atoms with Crippen molar-refractivity contribution >= 4 is 40.8 Å². The molecule has 0 aromatic heterocycles. The normalized spacial score (nSPS) is 10.3. The smallest absolute Gasteiger partial charge is 0.340 e. The number of nitrogen functional groups attached to an aromatic ring is 1. The number of aryl methyl sites for hydroxylation is 3. The van der Waals surface area contributed by atoms with Gasteiger partial charge in [0.25, 0.3) is 5.91 Å². The maximum Gasteiger partial charge on any atom is 0.340 e. The molecular formula is C20H22ClN3O4. The number of benzene rings is 2. The number of anilines is 2. The zero-order valence-corrected chi connectivity index (χ0v) is 16.6. The predicted octanol–water partition coefficient (Wildman–Crippen LogP) is 2.76. The molecule has 0 heterocycles. The Balaban J connectivity index is 1.83. The quantitative estimate of drug-likeness (QED) is 0.507. The highest BCUT2D eigenvalue weighted by atomic mass is 35.5. The van der Waals surface area contributed by atoms with Crippen molar-refractivity contribution in [1.29, 1.82) is 0 Å². The Morgan fingerprint density at radius 3 is 2.32 bits per heavy atom. The molecule has 7 nitrogen and oxygen atoms in total. The Kier molecular flexibility index (Phi) is 7.00. The van der Waals surface area contributed by atoms with Gasteiger partial charge in [0.2, 0.25) is 5.91 Å². The number of carbonyl (C=O) groups is 3. The molecule has 2 amide bonds. The predicted molar refractivity (Wildman–Crippen MR) is 108 cm³/mol. The highest BCUT2D eigenvalue weighted by Gasteiger charge is 2.15. The van der Waals surface area contributed by atoms with E-state index < -0.39 is 18.5 Å². The molecule has 0 aliphatic heterocycles. The van der Waals surface area contributed by atoms with Gasteiger partial charge in [0.15, 0.2) is 6.61 Å². The lowest BCUT2D eigenvalue weighted by atomic mass is 10.1. The fraction of sp³-hybridized carbons (Fsp3) is 0.250. The van der Waals surface area contributed by atoms with Gasteiger partial charge in [-0.2, -0.15) is 0 Å². The first-order chi connectivity index (χ1) is 13.2. The molecule has 0 saturated carbocycles. The third-order valence-corrected chi connectivity index (χ3v) is 4.19. The van der Waals surface area contributed by atoms with Crippen LogP contribution in [-0.4, -0.2) is 30.9 Å². The van der Waals surface area contributed by atoms with Gasteiger partial charge in [0.1, 0.15) is 0 Å². The van der Waals surface area contributed by atoms with E-state index in [4.69, 9.17) is 22.1 Å². The van der Waals surface area contributed by atoms with Gasteiger partial charge in [-0.15, -0.1) is 0 Å². The van der Waals surface area contributed by atoms with Crippen LogP contribution in [0.25, 0.3) is 0 Å². The van der Waals surface area contributed by atoms with Crippen molar-refractivity contribution in [2.75, 3.05) is 24.2 Å². The summed E-state index contributed by atoms with van der Waals surface area (Å²) < 4.78 is 4.91. The molecule has 28 heavy (non-hydrogen) atoms. The fourth-order valence-corrected chi connectivity index (χ4v) is 2.88. The van der Waals surface area contributed by atoms with E-state index in [1.807, 2.05) is 32.9 Å². The van der Waals surface area contributed by atoms with Crippen LogP contribution in [0.2, 0.25) is 5.02 Å². The highest BCUT2D eigenvalue weighted by Crippen LogP contribution is 2.21. The first-order valence-corrected chi connectivity index (χ1v) is 8.91. The summed E-state index contributed by atoms with van der Waals surface area (Å²) >= 11 is 5.82. The molecule has 4 N–H and O–H groups in total. The number of rotatable bonds is 6. The fourth-order valence-electron chi connectivity index (χ4n) is 2.70.